The van der Waals surface area contributed by atoms with Gasteiger partial charge in [0.05, 0.1) is 12.0 Å². The van der Waals surface area contributed by atoms with E-state index in [0.717, 1.165) is 26.2 Å². The van der Waals surface area contributed by atoms with Gasteiger partial charge in [0, 0.05) is 0 Å². The topological polar surface area (TPSA) is 6.48 Å². The van der Waals surface area contributed by atoms with E-state index >= 15 is 0 Å². The summed E-state index contributed by atoms with van der Waals surface area (Å²) in [5.74, 6) is 0.698. The fraction of sp³-hybridized carbons (Fsp3) is 1.00. The lowest BCUT2D eigenvalue weighted by Gasteiger charge is -2.36. The maximum Gasteiger partial charge on any atom is 0.0761 e. The van der Waals surface area contributed by atoms with Crippen LogP contribution >= 0.6 is 24.0 Å². The molecule has 0 heterocycles. The molecule has 0 atom stereocenters. The Balaban J connectivity index is 0. The molecule has 0 aromatic heterocycles. The standard InChI is InChI=1S/C10H23ClN2.ClH/c1-5-12(6-2)10(9-11)13(7-3)8-4;/h10H,5-9H2,1-4H3;1H. The van der Waals surface area contributed by atoms with Gasteiger partial charge >= 0.3 is 0 Å². The van der Waals surface area contributed by atoms with E-state index in [1.165, 1.54) is 0 Å². The Kier molecular flexibility index (Phi) is 12.1. The zero-order valence-electron chi connectivity index (χ0n) is 9.79. The molecule has 0 unspecified atom stereocenters. The molecule has 0 amide bonds. The van der Waals surface area contributed by atoms with Gasteiger partial charge in [-0.3, -0.25) is 9.80 Å². The number of hydrogen-bond acceptors (Lipinski definition) is 2. The van der Waals surface area contributed by atoms with Crippen LogP contribution in [0.1, 0.15) is 27.7 Å². The first-order valence-corrected chi connectivity index (χ1v) is 5.82. The second-order valence-corrected chi connectivity index (χ2v) is 3.39. The molecule has 0 N–H and O–H groups in total. The number of rotatable bonds is 7. The Morgan fingerprint density at radius 2 is 1.14 bits per heavy atom. The van der Waals surface area contributed by atoms with Crippen molar-refractivity contribution in [3.05, 3.63) is 0 Å². The minimum atomic E-state index is 0. The van der Waals surface area contributed by atoms with Crippen molar-refractivity contribution in [3.63, 3.8) is 0 Å². The van der Waals surface area contributed by atoms with Gasteiger partial charge in [0.15, 0.2) is 0 Å². The minimum Gasteiger partial charge on any atom is -0.287 e. The summed E-state index contributed by atoms with van der Waals surface area (Å²) in [7, 11) is 0. The number of nitrogens with zero attached hydrogens (tertiary/aromatic N) is 2. The van der Waals surface area contributed by atoms with E-state index in [2.05, 4.69) is 37.5 Å². The van der Waals surface area contributed by atoms with E-state index < -0.39 is 0 Å². The van der Waals surface area contributed by atoms with Crippen molar-refractivity contribution in [1.82, 2.24) is 9.80 Å². The van der Waals surface area contributed by atoms with Crippen molar-refractivity contribution in [1.29, 1.82) is 0 Å². The van der Waals surface area contributed by atoms with E-state index in [0.29, 0.717) is 12.0 Å². The van der Waals surface area contributed by atoms with Gasteiger partial charge in [-0.1, -0.05) is 27.7 Å². The van der Waals surface area contributed by atoms with Crippen molar-refractivity contribution in [2.24, 2.45) is 0 Å². The Labute approximate surface area is 100.0 Å². The molecule has 4 heteroatoms. The highest BCUT2D eigenvalue weighted by atomic mass is 35.5. The normalized spacial score (nSPS) is 11.1. The Morgan fingerprint density at radius 3 is 1.29 bits per heavy atom. The first kappa shape index (κ1) is 16.9. The molecular weight excluding hydrogens is 219 g/mol. The number of hydrogen-bond donors (Lipinski definition) is 0. The largest absolute Gasteiger partial charge is 0.287 e. The summed E-state index contributed by atoms with van der Waals surface area (Å²) in [5.41, 5.74) is 0. The second kappa shape index (κ2) is 10.0. The van der Waals surface area contributed by atoms with Crippen LogP contribution in [0.15, 0.2) is 0 Å². The quantitative estimate of drug-likeness (QED) is 0.501. The van der Waals surface area contributed by atoms with E-state index in [1.807, 2.05) is 0 Å². The molecule has 0 fully saturated rings. The molecule has 14 heavy (non-hydrogen) atoms. The molecule has 0 saturated heterocycles. The molecule has 0 aromatic rings. The van der Waals surface area contributed by atoms with Crippen LogP contribution in [0.2, 0.25) is 0 Å². The average molecular weight is 243 g/mol. The third-order valence-corrected chi connectivity index (χ3v) is 2.88. The molecule has 0 aliphatic rings. The Morgan fingerprint density at radius 1 is 0.857 bits per heavy atom. The predicted molar refractivity (Wildman–Crippen MR) is 67.6 cm³/mol. The van der Waals surface area contributed by atoms with Crippen molar-refractivity contribution in [2.45, 2.75) is 33.9 Å². The van der Waals surface area contributed by atoms with Gasteiger partial charge in [-0.2, -0.15) is 0 Å². The third-order valence-electron chi connectivity index (χ3n) is 2.61. The molecule has 0 aromatic carbocycles. The molecule has 2 nitrogen and oxygen atoms in total. The predicted octanol–water partition coefficient (Wildman–Crippen LogP) is 2.66. The van der Waals surface area contributed by atoms with Crippen LogP contribution in [0.25, 0.3) is 0 Å². The maximum absolute atomic E-state index is 5.99. The highest BCUT2D eigenvalue weighted by Crippen LogP contribution is 2.07. The van der Waals surface area contributed by atoms with E-state index in [4.69, 9.17) is 11.6 Å². The van der Waals surface area contributed by atoms with E-state index in [9.17, 15) is 0 Å². The third kappa shape index (κ3) is 4.83. The summed E-state index contributed by atoms with van der Waals surface area (Å²) >= 11 is 5.99. The smallest absolute Gasteiger partial charge is 0.0761 e. The van der Waals surface area contributed by atoms with Gasteiger partial charge < -0.3 is 0 Å². The Bertz CT molecular complexity index is 103. The fourth-order valence-corrected chi connectivity index (χ4v) is 2.11. The van der Waals surface area contributed by atoms with Crippen molar-refractivity contribution < 1.29 is 0 Å². The minimum absolute atomic E-state index is 0. The van der Waals surface area contributed by atoms with Crippen LogP contribution in [0.3, 0.4) is 0 Å². The molecular formula is C10H24Cl2N2. The molecule has 0 aliphatic heterocycles. The van der Waals surface area contributed by atoms with Gasteiger partial charge in [-0.15, -0.1) is 24.0 Å². The van der Waals surface area contributed by atoms with Crippen LogP contribution in [0.5, 0.6) is 0 Å². The van der Waals surface area contributed by atoms with Crippen molar-refractivity contribution in [3.8, 4) is 0 Å². The summed E-state index contributed by atoms with van der Waals surface area (Å²) in [6, 6.07) is 0. The van der Waals surface area contributed by atoms with Crippen molar-refractivity contribution >= 4 is 24.0 Å². The average Bonchev–Trinajstić information content (AvgIpc) is 2.18. The summed E-state index contributed by atoms with van der Waals surface area (Å²) in [4.78, 5) is 4.81. The van der Waals surface area contributed by atoms with Gasteiger partial charge in [0.2, 0.25) is 0 Å². The summed E-state index contributed by atoms with van der Waals surface area (Å²) in [6.45, 7) is 13.0. The molecule has 0 rings (SSSR count). The monoisotopic (exact) mass is 242 g/mol. The zero-order valence-corrected chi connectivity index (χ0v) is 11.4. The van der Waals surface area contributed by atoms with Crippen LogP contribution in [-0.2, 0) is 0 Å². The zero-order chi connectivity index (χ0) is 10.3. The highest BCUT2D eigenvalue weighted by Gasteiger charge is 2.19. The van der Waals surface area contributed by atoms with E-state index in [-0.39, 0.29) is 12.4 Å². The first-order valence-electron chi connectivity index (χ1n) is 5.29. The molecule has 0 bridgehead atoms. The van der Waals surface area contributed by atoms with Crippen LogP contribution in [0.4, 0.5) is 0 Å². The lowest BCUT2D eigenvalue weighted by molar-refractivity contribution is 0.0737. The highest BCUT2D eigenvalue weighted by molar-refractivity contribution is 6.18. The van der Waals surface area contributed by atoms with E-state index in [1.54, 1.807) is 0 Å². The molecule has 88 valence electrons. The van der Waals surface area contributed by atoms with Gasteiger partial charge in [-0.05, 0) is 26.2 Å². The molecule has 0 aliphatic carbocycles. The van der Waals surface area contributed by atoms with Crippen molar-refractivity contribution in [2.75, 3.05) is 32.1 Å². The fourth-order valence-electron chi connectivity index (χ4n) is 1.72. The van der Waals surface area contributed by atoms with Gasteiger partial charge in [-0.25, -0.2) is 0 Å². The first-order chi connectivity index (χ1) is 6.24. The lowest BCUT2D eigenvalue weighted by Crippen LogP contribution is -2.49. The molecule has 0 saturated carbocycles. The van der Waals surface area contributed by atoms with Crippen LogP contribution in [-0.4, -0.2) is 48.0 Å². The SMILES string of the molecule is CCN(CC)C(CCl)N(CC)CC.Cl. The summed E-state index contributed by atoms with van der Waals surface area (Å²) < 4.78 is 0. The lowest BCUT2D eigenvalue weighted by atomic mass is 10.3. The number of alkyl halides is 1. The van der Waals surface area contributed by atoms with Crippen LogP contribution in [0, 0.1) is 0 Å². The van der Waals surface area contributed by atoms with Gasteiger partial charge in [0.25, 0.3) is 0 Å². The molecule has 0 spiro atoms. The number of halogens is 2. The maximum atomic E-state index is 5.99. The summed E-state index contributed by atoms with van der Waals surface area (Å²) in [5, 5.41) is 0. The van der Waals surface area contributed by atoms with Crippen LogP contribution < -0.4 is 0 Å². The molecule has 0 radical (unpaired) electrons. The van der Waals surface area contributed by atoms with Gasteiger partial charge in [0.1, 0.15) is 0 Å². The Hall–Kier alpha value is 0.500. The second-order valence-electron chi connectivity index (χ2n) is 3.08. The summed E-state index contributed by atoms with van der Waals surface area (Å²) in [6.07, 6.45) is 0.409.